The maximum Gasteiger partial charge on any atom is 0.257 e. The van der Waals surface area contributed by atoms with Gasteiger partial charge >= 0.3 is 0 Å². The van der Waals surface area contributed by atoms with Crippen molar-refractivity contribution >= 4 is 5.91 Å². The van der Waals surface area contributed by atoms with Gasteiger partial charge in [-0.15, -0.1) is 0 Å². The van der Waals surface area contributed by atoms with Crippen LogP contribution in [0.5, 0.6) is 0 Å². The van der Waals surface area contributed by atoms with E-state index in [-0.39, 0.29) is 5.91 Å². The number of hydrogen-bond acceptors (Lipinski definition) is 2. The van der Waals surface area contributed by atoms with E-state index < -0.39 is 0 Å². The van der Waals surface area contributed by atoms with Crippen molar-refractivity contribution in [2.24, 2.45) is 0 Å². The quantitative estimate of drug-likeness (QED) is 0.509. The van der Waals surface area contributed by atoms with E-state index in [1.165, 1.54) is 0 Å². The van der Waals surface area contributed by atoms with E-state index >= 15 is 0 Å². The molecule has 0 aliphatic carbocycles. The van der Waals surface area contributed by atoms with Crippen LogP contribution in [-0.2, 0) is 4.79 Å². The molecule has 3 nitrogen and oxygen atoms in total. The van der Waals surface area contributed by atoms with Crippen molar-refractivity contribution in [3.05, 3.63) is 35.7 Å². The van der Waals surface area contributed by atoms with E-state index in [1.807, 2.05) is 12.2 Å². The van der Waals surface area contributed by atoms with Crippen LogP contribution in [0.1, 0.15) is 0 Å². The molecule has 0 aromatic carbocycles. The number of nitrogens with one attached hydrogen (secondary N) is 2. The van der Waals surface area contributed by atoms with Crippen LogP contribution in [0.4, 0.5) is 0 Å². The first-order chi connectivity index (χ1) is 5.38. The Balaban J connectivity index is 2.41. The third kappa shape index (κ3) is 0.941. The summed E-state index contributed by atoms with van der Waals surface area (Å²) in [7, 11) is 0. The lowest BCUT2D eigenvalue weighted by Gasteiger charge is -1.97. The molecule has 2 heterocycles. The van der Waals surface area contributed by atoms with Crippen LogP contribution >= 0.6 is 0 Å². The van der Waals surface area contributed by atoms with Gasteiger partial charge in [0, 0.05) is 18.9 Å². The number of rotatable bonds is 0. The minimum atomic E-state index is -0.0324. The van der Waals surface area contributed by atoms with Gasteiger partial charge in [-0.25, -0.2) is 0 Å². The summed E-state index contributed by atoms with van der Waals surface area (Å²) < 4.78 is 0. The second kappa shape index (κ2) is 2.27. The first kappa shape index (κ1) is 6.22. The Morgan fingerprint density at radius 2 is 2.36 bits per heavy atom. The van der Waals surface area contributed by atoms with Gasteiger partial charge < -0.3 is 10.6 Å². The lowest BCUT2D eigenvalue weighted by atomic mass is 10.1. The standard InChI is InChI=1S/C8H8N2O/c11-8-7-5-9-4-6(7)2-1-3-10-8/h1-3,5,9H,4H2,(H,10,11). The Hall–Kier alpha value is -1.51. The second-order valence-electron chi connectivity index (χ2n) is 2.46. The van der Waals surface area contributed by atoms with Gasteiger partial charge in [-0.05, 0) is 11.6 Å². The van der Waals surface area contributed by atoms with Gasteiger partial charge in [0.05, 0.1) is 5.57 Å². The first-order valence-electron chi connectivity index (χ1n) is 3.48. The molecule has 2 rings (SSSR count). The largest absolute Gasteiger partial charge is 0.386 e. The van der Waals surface area contributed by atoms with E-state index in [9.17, 15) is 4.79 Å². The highest BCUT2D eigenvalue weighted by molar-refractivity contribution is 5.99. The smallest absolute Gasteiger partial charge is 0.257 e. The maximum atomic E-state index is 11.2. The molecule has 0 atom stereocenters. The minimum absolute atomic E-state index is 0.0324. The number of carbonyl (C=O) groups is 1. The van der Waals surface area contributed by atoms with Gasteiger partial charge in [-0.3, -0.25) is 4.79 Å². The van der Waals surface area contributed by atoms with Crippen LogP contribution in [0.3, 0.4) is 0 Å². The monoisotopic (exact) mass is 148 g/mol. The Kier molecular flexibility index (Phi) is 1.28. The Bertz CT molecular complexity index is 286. The van der Waals surface area contributed by atoms with Crippen molar-refractivity contribution in [2.45, 2.75) is 0 Å². The highest BCUT2D eigenvalue weighted by atomic mass is 16.1. The number of amides is 1. The topological polar surface area (TPSA) is 41.1 Å². The molecule has 0 spiro atoms. The van der Waals surface area contributed by atoms with Gasteiger partial charge in [-0.1, -0.05) is 6.08 Å². The summed E-state index contributed by atoms with van der Waals surface area (Å²) in [6.45, 7) is 0.757. The summed E-state index contributed by atoms with van der Waals surface area (Å²) in [5, 5.41) is 5.63. The zero-order valence-electron chi connectivity index (χ0n) is 5.92. The zero-order chi connectivity index (χ0) is 7.68. The lowest BCUT2D eigenvalue weighted by molar-refractivity contribution is -0.116. The molecule has 0 saturated heterocycles. The van der Waals surface area contributed by atoms with Crippen molar-refractivity contribution in [1.82, 2.24) is 10.6 Å². The molecule has 0 aromatic rings. The van der Waals surface area contributed by atoms with Gasteiger partial charge in [0.25, 0.3) is 5.91 Å². The van der Waals surface area contributed by atoms with E-state index in [1.54, 1.807) is 12.4 Å². The summed E-state index contributed by atoms with van der Waals surface area (Å²) in [6, 6.07) is 0. The lowest BCUT2D eigenvalue weighted by Crippen LogP contribution is -2.18. The predicted molar refractivity (Wildman–Crippen MR) is 41.5 cm³/mol. The minimum Gasteiger partial charge on any atom is -0.386 e. The average molecular weight is 148 g/mol. The van der Waals surface area contributed by atoms with Gasteiger partial charge in [0.1, 0.15) is 0 Å². The molecule has 1 amide bonds. The molecule has 11 heavy (non-hydrogen) atoms. The van der Waals surface area contributed by atoms with E-state index in [4.69, 9.17) is 0 Å². The van der Waals surface area contributed by atoms with Crippen LogP contribution in [0, 0.1) is 0 Å². The number of hydrogen-bond donors (Lipinski definition) is 2. The molecule has 0 saturated carbocycles. The Morgan fingerprint density at radius 1 is 1.45 bits per heavy atom. The fourth-order valence-corrected chi connectivity index (χ4v) is 1.18. The number of carbonyl (C=O) groups excluding carboxylic acids is 1. The van der Waals surface area contributed by atoms with E-state index in [0.29, 0.717) is 0 Å². The highest BCUT2D eigenvalue weighted by Gasteiger charge is 2.18. The summed E-state index contributed by atoms with van der Waals surface area (Å²) >= 11 is 0. The van der Waals surface area contributed by atoms with Crippen molar-refractivity contribution in [1.29, 1.82) is 0 Å². The molecular formula is C8H8N2O. The molecule has 0 fully saturated rings. The summed E-state index contributed by atoms with van der Waals surface area (Å²) in [5.74, 6) is -0.0324. The number of fused-ring (bicyclic) bond motifs is 1. The van der Waals surface area contributed by atoms with Gasteiger partial charge in [0.2, 0.25) is 0 Å². The summed E-state index contributed by atoms with van der Waals surface area (Å²) in [6.07, 6.45) is 7.16. The van der Waals surface area contributed by atoms with Crippen LogP contribution in [0.15, 0.2) is 35.7 Å². The van der Waals surface area contributed by atoms with Crippen molar-refractivity contribution in [3.8, 4) is 0 Å². The molecule has 2 aliphatic rings. The SMILES string of the molecule is O=C1NC=CC=C2CNC=C12. The Morgan fingerprint density at radius 3 is 3.27 bits per heavy atom. The van der Waals surface area contributed by atoms with Gasteiger partial charge in [-0.2, -0.15) is 0 Å². The molecule has 2 aliphatic heterocycles. The molecule has 0 aromatic heterocycles. The fraction of sp³-hybridized carbons (Fsp3) is 0.125. The maximum absolute atomic E-state index is 11.2. The van der Waals surface area contributed by atoms with Crippen molar-refractivity contribution in [2.75, 3.05) is 6.54 Å². The summed E-state index contributed by atoms with van der Waals surface area (Å²) in [5.41, 5.74) is 1.80. The highest BCUT2D eigenvalue weighted by Crippen LogP contribution is 2.15. The molecular weight excluding hydrogens is 140 g/mol. The molecule has 0 bridgehead atoms. The van der Waals surface area contributed by atoms with E-state index in [2.05, 4.69) is 10.6 Å². The molecule has 0 unspecified atom stereocenters. The third-order valence-electron chi connectivity index (χ3n) is 1.74. The second-order valence-corrected chi connectivity index (χ2v) is 2.46. The molecule has 3 heteroatoms. The normalized spacial score (nSPS) is 20.9. The molecule has 0 radical (unpaired) electrons. The average Bonchev–Trinajstić information content (AvgIpc) is 2.40. The zero-order valence-corrected chi connectivity index (χ0v) is 5.92. The molecule has 56 valence electrons. The van der Waals surface area contributed by atoms with Crippen LogP contribution in [0.25, 0.3) is 0 Å². The van der Waals surface area contributed by atoms with Crippen LogP contribution in [-0.4, -0.2) is 12.5 Å². The van der Waals surface area contributed by atoms with Crippen LogP contribution in [0.2, 0.25) is 0 Å². The van der Waals surface area contributed by atoms with Crippen molar-refractivity contribution < 1.29 is 4.79 Å². The Labute approximate surface area is 64.5 Å². The fourth-order valence-electron chi connectivity index (χ4n) is 1.18. The summed E-state index contributed by atoms with van der Waals surface area (Å²) in [4.78, 5) is 11.2. The van der Waals surface area contributed by atoms with Crippen LogP contribution < -0.4 is 10.6 Å². The predicted octanol–water partition coefficient (Wildman–Crippen LogP) is 0.0434. The number of allylic oxidation sites excluding steroid dienone is 2. The third-order valence-corrected chi connectivity index (χ3v) is 1.74. The van der Waals surface area contributed by atoms with Gasteiger partial charge in [0.15, 0.2) is 0 Å². The molecule has 2 N–H and O–H groups in total. The first-order valence-corrected chi connectivity index (χ1v) is 3.48. The van der Waals surface area contributed by atoms with E-state index in [0.717, 1.165) is 17.7 Å². The van der Waals surface area contributed by atoms with Crippen molar-refractivity contribution in [3.63, 3.8) is 0 Å².